The highest BCUT2D eigenvalue weighted by Crippen LogP contribution is 2.22. The molecule has 0 aliphatic heterocycles. The summed E-state index contributed by atoms with van der Waals surface area (Å²) < 4.78 is 0. The maximum Gasteiger partial charge on any atom is 0.236 e. The second-order valence-corrected chi connectivity index (χ2v) is 5.98. The van der Waals surface area contributed by atoms with Crippen LogP contribution < -0.4 is 5.32 Å². The lowest BCUT2D eigenvalue weighted by Crippen LogP contribution is -2.35. The minimum atomic E-state index is 0.127. The molecule has 3 heteroatoms. The fourth-order valence-electron chi connectivity index (χ4n) is 1.84. The van der Waals surface area contributed by atoms with Gasteiger partial charge in [-0.15, -0.1) is 0 Å². The highest BCUT2D eigenvalue weighted by Gasteiger charge is 2.13. The first kappa shape index (κ1) is 15.7. The van der Waals surface area contributed by atoms with E-state index >= 15 is 0 Å². The molecular formula is C16H26N2O. The summed E-state index contributed by atoms with van der Waals surface area (Å²) in [5.41, 5.74) is 2.66. The van der Waals surface area contributed by atoms with Crippen molar-refractivity contribution in [2.75, 3.05) is 20.1 Å². The number of amides is 1. The van der Waals surface area contributed by atoms with Crippen LogP contribution in [0.15, 0.2) is 24.3 Å². The number of carbonyl (C=O) groups excluding carboxylic acids is 1. The van der Waals surface area contributed by atoms with Gasteiger partial charge in [-0.3, -0.25) is 4.79 Å². The zero-order chi connectivity index (χ0) is 14.5. The van der Waals surface area contributed by atoms with Gasteiger partial charge in [-0.1, -0.05) is 52.0 Å². The molecule has 1 N–H and O–H groups in total. The van der Waals surface area contributed by atoms with Crippen LogP contribution in [0.3, 0.4) is 0 Å². The topological polar surface area (TPSA) is 32.3 Å². The van der Waals surface area contributed by atoms with Crippen molar-refractivity contribution in [3.63, 3.8) is 0 Å². The average molecular weight is 262 g/mol. The van der Waals surface area contributed by atoms with Crippen LogP contribution in [-0.2, 0) is 16.8 Å². The van der Waals surface area contributed by atoms with Gasteiger partial charge >= 0.3 is 0 Å². The van der Waals surface area contributed by atoms with Crippen LogP contribution in [0.1, 0.15) is 38.8 Å². The van der Waals surface area contributed by atoms with Gasteiger partial charge in [0.25, 0.3) is 0 Å². The standard InChI is InChI=1S/C16H26N2O/c1-6-17-11-15(19)18(5)12-13-7-9-14(10-8-13)16(2,3)4/h7-10,17H,6,11-12H2,1-5H3. The molecule has 1 aromatic carbocycles. The van der Waals surface area contributed by atoms with Gasteiger partial charge in [-0.05, 0) is 23.1 Å². The number of nitrogens with one attached hydrogen (secondary N) is 1. The highest BCUT2D eigenvalue weighted by molar-refractivity contribution is 5.77. The Balaban J connectivity index is 2.60. The van der Waals surface area contributed by atoms with E-state index in [2.05, 4.69) is 50.4 Å². The Bertz CT molecular complexity index is 404. The van der Waals surface area contributed by atoms with Gasteiger partial charge in [0.2, 0.25) is 5.91 Å². The average Bonchev–Trinajstić information content (AvgIpc) is 2.35. The SMILES string of the molecule is CCNCC(=O)N(C)Cc1ccc(C(C)(C)C)cc1. The number of hydrogen-bond acceptors (Lipinski definition) is 2. The molecule has 1 aromatic rings. The van der Waals surface area contributed by atoms with Crippen LogP contribution >= 0.6 is 0 Å². The van der Waals surface area contributed by atoms with Crippen molar-refractivity contribution in [2.45, 2.75) is 39.7 Å². The van der Waals surface area contributed by atoms with Crippen LogP contribution in [-0.4, -0.2) is 30.9 Å². The second kappa shape index (κ2) is 6.71. The molecule has 0 aliphatic carbocycles. The van der Waals surface area contributed by atoms with E-state index in [0.717, 1.165) is 6.54 Å². The van der Waals surface area contributed by atoms with Crippen molar-refractivity contribution in [1.29, 1.82) is 0 Å². The van der Waals surface area contributed by atoms with E-state index in [0.29, 0.717) is 13.1 Å². The summed E-state index contributed by atoms with van der Waals surface area (Å²) in [7, 11) is 1.84. The molecule has 0 saturated carbocycles. The Morgan fingerprint density at radius 3 is 2.26 bits per heavy atom. The van der Waals surface area contributed by atoms with Crippen LogP contribution in [0, 0.1) is 0 Å². The zero-order valence-electron chi connectivity index (χ0n) is 12.8. The molecular weight excluding hydrogens is 236 g/mol. The summed E-state index contributed by atoms with van der Waals surface area (Å²) in [6, 6.07) is 8.52. The van der Waals surface area contributed by atoms with Gasteiger partial charge in [0.1, 0.15) is 0 Å². The van der Waals surface area contributed by atoms with E-state index in [4.69, 9.17) is 0 Å². The number of carbonyl (C=O) groups is 1. The normalized spacial score (nSPS) is 11.4. The summed E-state index contributed by atoms with van der Waals surface area (Å²) in [5, 5.41) is 3.05. The summed E-state index contributed by atoms with van der Waals surface area (Å²) in [4.78, 5) is 13.6. The maximum absolute atomic E-state index is 11.8. The minimum absolute atomic E-state index is 0.127. The molecule has 0 fully saturated rings. The second-order valence-electron chi connectivity index (χ2n) is 5.98. The van der Waals surface area contributed by atoms with Gasteiger partial charge in [-0.2, -0.15) is 0 Å². The lowest BCUT2D eigenvalue weighted by molar-refractivity contribution is -0.129. The Morgan fingerprint density at radius 1 is 1.21 bits per heavy atom. The Kier molecular flexibility index (Phi) is 5.55. The molecule has 106 valence electrons. The van der Waals surface area contributed by atoms with E-state index in [1.807, 2.05) is 14.0 Å². The fourth-order valence-corrected chi connectivity index (χ4v) is 1.84. The van der Waals surface area contributed by atoms with E-state index in [1.165, 1.54) is 11.1 Å². The molecule has 0 saturated heterocycles. The smallest absolute Gasteiger partial charge is 0.236 e. The predicted octanol–water partition coefficient (Wildman–Crippen LogP) is 2.55. The van der Waals surface area contributed by atoms with Crippen LogP contribution in [0.2, 0.25) is 0 Å². The summed E-state index contributed by atoms with van der Waals surface area (Å²) in [6.45, 7) is 10.5. The van der Waals surface area contributed by atoms with Gasteiger partial charge in [-0.25, -0.2) is 0 Å². The Hall–Kier alpha value is -1.35. The third kappa shape index (κ3) is 5.03. The number of nitrogens with zero attached hydrogens (tertiary/aromatic N) is 1. The molecule has 0 bridgehead atoms. The first-order valence-electron chi connectivity index (χ1n) is 6.88. The molecule has 0 unspecified atom stereocenters. The van der Waals surface area contributed by atoms with Crippen molar-refractivity contribution >= 4 is 5.91 Å². The van der Waals surface area contributed by atoms with Gasteiger partial charge in [0.15, 0.2) is 0 Å². The summed E-state index contributed by atoms with van der Waals surface area (Å²) >= 11 is 0. The number of benzene rings is 1. The quantitative estimate of drug-likeness (QED) is 0.884. The predicted molar refractivity (Wildman–Crippen MR) is 80.2 cm³/mol. The van der Waals surface area contributed by atoms with Crippen molar-refractivity contribution in [3.05, 3.63) is 35.4 Å². The third-order valence-corrected chi connectivity index (χ3v) is 3.19. The molecule has 0 atom stereocenters. The van der Waals surface area contributed by atoms with Gasteiger partial charge < -0.3 is 10.2 Å². The maximum atomic E-state index is 11.8. The largest absolute Gasteiger partial charge is 0.340 e. The zero-order valence-corrected chi connectivity index (χ0v) is 12.8. The van der Waals surface area contributed by atoms with Crippen LogP contribution in [0.4, 0.5) is 0 Å². The van der Waals surface area contributed by atoms with Crippen molar-refractivity contribution < 1.29 is 4.79 Å². The number of hydrogen-bond donors (Lipinski definition) is 1. The first-order chi connectivity index (χ1) is 8.84. The van der Waals surface area contributed by atoms with Crippen LogP contribution in [0.5, 0.6) is 0 Å². The van der Waals surface area contributed by atoms with E-state index in [1.54, 1.807) is 4.90 Å². The molecule has 0 aliphatic rings. The molecule has 0 radical (unpaired) electrons. The van der Waals surface area contributed by atoms with Crippen LogP contribution in [0.25, 0.3) is 0 Å². The highest BCUT2D eigenvalue weighted by atomic mass is 16.2. The molecule has 0 aromatic heterocycles. The minimum Gasteiger partial charge on any atom is -0.340 e. The third-order valence-electron chi connectivity index (χ3n) is 3.19. The Morgan fingerprint density at radius 2 is 1.79 bits per heavy atom. The molecule has 19 heavy (non-hydrogen) atoms. The van der Waals surface area contributed by atoms with Gasteiger partial charge in [0, 0.05) is 13.6 Å². The van der Waals surface area contributed by atoms with E-state index < -0.39 is 0 Å². The molecule has 0 spiro atoms. The molecule has 1 rings (SSSR count). The Labute approximate surface area is 117 Å². The van der Waals surface area contributed by atoms with E-state index in [9.17, 15) is 4.79 Å². The number of likely N-dealkylation sites (N-methyl/N-ethyl adjacent to an activating group) is 2. The fraction of sp³-hybridized carbons (Fsp3) is 0.562. The first-order valence-corrected chi connectivity index (χ1v) is 6.88. The summed E-state index contributed by atoms with van der Waals surface area (Å²) in [6.07, 6.45) is 0. The van der Waals surface area contributed by atoms with E-state index in [-0.39, 0.29) is 11.3 Å². The van der Waals surface area contributed by atoms with Gasteiger partial charge in [0.05, 0.1) is 6.54 Å². The molecule has 3 nitrogen and oxygen atoms in total. The molecule has 0 heterocycles. The lowest BCUT2D eigenvalue weighted by Gasteiger charge is -2.21. The monoisotopic (exact) mass is 262 g/mol. The van der Waals surface area contributed by atoms with Crippen molar-refractivity contribution in [3.8, 4) is 0 Å². The molecule has 1 amide bonds. The summed E-state index contributed by atoms with van der Waals surface area (Å²) in [5.74, 6) is 0.127. The number of rotatable bonds is 5. The van der Waals surface area contributed by atoms with Crippen molar-refractivity contribution in [2.24, 2.45) is 0 Å². The van der Waals surface area contributed by atoms with Crippen molar-refractivity contribution in [1.82, 2.24) is 10.2 Å². The lowest BCUT2D eigenvalue weighted by atomic mass is 9.87.